The number of nitrogens with one attached hydrogen (secondary N) is 1. The van der Waals surface area contributed by atoms with Gasteiger partial charge in [0.15, 0.2) is 0 Å². The third-order valence-electron chi connectivity index (χ3n) is 3.46. The van der Waals surface area contributed by atoms with Gasteiger partial charge in [0.1, 0.15) is 5.82 Å². The van der Waals surface area contributed by atoms with Crippen molar-refractivity contribution in [3.8, 4) is 0 Å². The maximum atomic E-state index is 13.2. The number of halogens is 1. The molecule has 0 aliphatic rings. The normalized spacial score (nSPS) is 12.6. The Morgan fingerprint density at radius 3 is 2.75 bits per heavy atom. The van der Waals surface area contributed by atoms with Crippen molar-refractivity contribution in [2.24, 2.45) is 7.05 Å². The van der Waals surface area contributed by atoms with E-state index in [2.05, 4.69) is 17.3 Å². The monoisotopic (exact) mass is 275 g/mol. The third-order valence-corrected chi connectivity index (χ3v) is 3.46. The SMILES string of the molecule is CCCNC(Cc1ccc(F)cc1C)c1ccn(C)n1. The standard InChI is InChI=1S/C16H22FN3/c1-4-8-18-16(15-7-9-20(3)19-15)11-13-5-6-14(17)10-12(13)2/h5-7,9-10,16,18H,4,8,11H2,1-3H3. The number of nitrogens with zero attached hydrogens (tertiary/aromatic N) is 2. The molecule has 0 saturated heterocycles. The lowest BCUT2D eigenvalue weighted by Gasteiger charge is -2.18. The van der Waals surface area contributed by atoms with Gasteiger partial charge in [-0.1, -0.05) is 13.0 Å². The van der Waals surface area contributed by atoms with Gasteiger partial charge < -0.3 is 5.32 Å². The topological polar surface area (TPSA) is 29.9 Å². The van der Waals surface area contributed by atoms with E-state index < -0.39 is 0 Å². The molecule has 0 radical (unpaired) electrons. The zero-order chi connectivity index (χ0) is 14.5. The van der Waals surface area contributed by atoms with Crippen LogP contribution in [-0.4, -0.2) is 16.3 Å². The van der Waals surface area contributed by atoms with E-state index in [-0.39, 0.29) is 11.9 Å². The minimum Gasteiger partial charge on any atom is -0.308 e. The second-order valence-electron chi connectivity index (χ2n) is 5.20. The highest BCUT2D eigenvalue weighted by Gasteiger charge is 2.15. The minimum atomic E-state index is -0.179. The molecule has 0 fully saturated rings. The number of rotatable bonds is 6. The van der Waals surface area contributed by atoms with E-state index in [1.165, 1.54) is 6.07 Å². The Hall–Kier alpha value is -1.68. The second-order valence-corrected chi connectivity index (χ2v) is 5.20. The number of hydrogen-bond acceptors (Lipinski definition) is 2. The van der Waals surface area contributed by atoms with E-state index in [0.29, 0.717) is 0 Å². The molecule has 0 bridgehead atoms. The summed E-state index contributed by atoms with van der Waals surface area (Å²) in [6.07, 6.45) is 3.85. The van der Waals surface area contributed by atoms with E-state index in [1.54, 1.807) is 6.07 Å². The fourth-order valence-corrected chi connectivity index (χ4v) is 2.33. The van der Waals surface area contributed by atoms with Crippen LogP contribution in [0.25, 0.3) is 0 Å². The van der Waals surface area contributed by atoms with Crippen LogP contribution in [0, 0.1) is 12.7 Å². The molecule has 1 aromatic heterocycles. The molecular formula is C16H22FN3. The summed E-state index contributed by atoms with van der Waals surface area (Å²) in [7, 11) is 1.92. The quantitative estimate of drug-likeness (QED) is 0.877. The maximum Gasteiger partial charge on any atom is 0.123 e. The highest BCUT2D eigenvalue weighted by atomic mass is 19.1. The van der Waals surface area contributed by atoms with Crippen LogP contribution in [0.2, 0.25) is 0 Å². The van der Waals surface area contributed by atoms with Crippen LogP contribution in [0.15, 0.2) is 30.5 Å². The van der Waals surface area contributed by atoms with Crippen molar-refractivity contribution < 1.29 is 4.39 Å². The van der Waals surface area contributed by atoms with E-state index in [0.717, 1.165) is 36.2 Å². The summed E-state index contributed by atoms with van der Waals surface area (Å²) < 4.78 is 15.0. The summed E-state index contributed by atoms with van der Waals surface area (Å²) in [5.74, 6) is -0.179. The van der Waals surface area contributed by atoms with E-state index >= 15 is 0 Å². The van der Waals surface area contributed by atoms with E-state index in [4.69, 9.17) is 0 Å². The first-order valence-corrected chi connectivity index (χ1v) is 7.08. The molecule has 0 amide bonds. The van der Waals surface area contributed by atoms with Crippen LogP contribution < -0.4 is 5.32 Å². The van der Waals surface area contributed by atoms with Crippen LogP contribution in [0.1, 0.15) is 36.2 Å². The Labute approximate surface area is 119 Å². The first-order chi connectivity index (χ1) is 9.60. The third kappa shape index (κ3) is 3.67. The van der Waals surface area contributed by atoms with Gasteiger partial charge in [0.05, 0.1) is 11.7 Å². The Morgan fingerprint density at radius 1 is 1.35 bits per heavy atom. The van der Waals surface area contributed by atoms with Gasteiger partial charge in [-0.2, -0.15) is 5.10 Å². The van der Waals surface area contributed by atoms with Crippen molar-refractivity contribution in [3.63, 3.8) is 0 Å². The lowest BCUT2D eigenvalue weighted by atomic mass is 9.99. The van der Waals surface area contributed by atoms with Gasteiger partial charge in [0, 0.05) is 13.2 Å². The van der Waals surface area contributed by atoms with Crippen molar-refractivity contribution in [2.75, 3.05) is 6.54 Å². The van der Waals surface area contributed by atoms with Crippen LogP contribution in [0.4, 0.5) is 4.39 Å². The molecule has 2 rings (SSSR count). The van der Waals surface area contributed by atoms with Gasteiger partial charge in [-0.25, -0.2) is 4.39 Å². The molecule has 108 valence electrons. The van der Waals surface area contributed by atoms with Crippen molar-refractivity contribution in [3.05, 3.63) is 53.1 Å². The Bertz CT molecular complexity index is 563. The molecule has 0 spiro atoms. The van der Waals surface area contributed by atoms with Gasteiger partial charge >= 0.3 is 0 Å². The smallest absolute Gasteiger partial charge is 0.123 e. The molecule has 0 aliphatic carbocycles. The second kappa shape index (κ2) is 6.66. The summed E-state index contributed by atoms with van der Waals surface area (Å²) in [4.78, 5) is 0. The first kappa shape index (κ1) is 14.7. The Balaban J connectivity index is 2.18. The largest absolute Gasteiger partial charge is 0.308 e. The molecule has 1 heterocycles. The van der Waals surface area contributed by atoms with Crippen molar-refractivity contribution in [1.29, 1.82) is 0 Å². The van der Waals surface area contributed by atoms with Crippen LogP contribution in [0.5, 0.6) is 0 Å². The highest BCUT2D eigenvalue weighted by Crippen LogP contribution is 2.20. The summed E-state index contributed by atoms with van der Waals surface area (Å²) in [5.41, 5.74) is 3.18. The summed E-state index contributed by atoms with van der Waals surface area (Å²) in [5, 5.41) is 8.01. The van der Waals surface area contributed by atoms with Gasteiger partial charge in [-0.05, 0) is 55.6 Å². The highest BCUT2D eigenvalue weighted by molar-refractivity contribution is 5.28. The molecule has 1 atom stereocenters. The molecule has 20 heavy (non-hydrogen) atoms. The van der Waals surface area contributed by atoms with Gasteiger partial charge in [0.25, 0.3) is 0 Å². The average molecular weight is 275 g/mol. The lowest BCUT2D eigenvalue weighted by Crippen LogP contribution is -2.25. The summed E-state index contributed by atoms with van der Waals surface area (Å²) >= 11 is 0. The molecule has 1 unspecified atom stereocenters. The van der Waals surface area contributed by atoms with Crippen molar-refractivity contribution in [1.82, 2.24) is 15.1 Å². The predicted octanol–water partition coefficient (Wildman–Crippen LogP) is 3.15. The Kier molecular flexibility index (Phi) is 4.90. The average Bonchev–Trinajstić information content (AvgIpc) is 2.83. The molecule has 1 aromatic carbocycles. The minimum absolute atomic E-state index is 0.167. The van der Waals surface area contributed by atoms with Crippen molar-refractivity contribution in [2.45, 2.75) is 32.7 Å². The van der Waals surface area contributed by atoms with E-state index in [1.807, 2.05) is 37.0 Å². The number of aromatic nitrogens is 2. The first-order valence-electron chi connectivity index (χ1n) is 7.08. The lowest BCUT2D eigenvalue weighted by molar-refractivity contribution is 0.509. The number of aryl methyl sites for hydroxylation is 2. The van der Waals surface area contributed by atoms with Crippen LogP contribution in [0.3, 0.4) is 0 Å². The molecule has 0 saturated carbocycles. The van der Waals surface area contributed by atoms with Crippen molar-refractivity contribution >= 4 is 0 Å². The fraction of sp³-hybridized carbons (Fsp3) is 0.438. The molecule has 1 N–H and O–H groups in total. The number of benzene rings is 1. The summed E-state index contributed by atoms with van der Waals surface area (Å²) in [6.45, 7) is 5.04. The molecule has 4 heteroatoms. The Morgan fingerprint density at radius 2 is 2.15 bits per heavy atom. The summed E-state index contributed by atoms with van der Waals surface area (Å²) in [6, 6.07) is 7.18. The molecule has 0 aliphatic heterocycles. The maximum absolute atomic E-state index is 13.2. The van der Waals surface area contributed by atoms with E-state index in [9.17, 15) is 4.39 Å². The number of hydrogen-bond donors (Lipinski definition) is 1. The van der Waals surface area contributed by atoms with Gasteiger partial charge in [-0.3, -0.25) is 4.68 Å². The fourth-order valence-electron chi connectivity index (χ4n) is 2.33. The van der Waals surface area contributed by atoms with Crippen LogP contribution in [-0.2, 0) is 13.5 Å². The molecule has 2 aromatic rings. The van der Waals surface area contributed by atoms with Gasteiger partial charge in [0.2, 0.25) is 0 Å². The zero-order valence-corrected chi connectivity index (χ0v) is 12.4. The van der Waals surface area contributed by atoms with Crippen LogP contribution >= 0.6 is 0 Å². The molecule has 3 nitrogen and oxygen atoms in total. The molecular weight excluding hydrogens is 253 g/mol. The predicted molar refractivity (Wildman–Crippen MR) is 79.1 cm³/mol. The zero-order valence-electron chi connectivity index (χ0n) is 12.4. The van der Waals surface area contributed by atoms with Gasteiger partial charge in [-0.15, -0.1) is 0 Å².